The maximum atomic E-state index is 5.45. The molecule has 0 saturated heterocycles. The second kappa shape index (κ2) is 7.38. The Labute approximate surface area is 98.0 Å². The van der Waals surface area contributed by atoms with Crippen LogP contribution in [0.2, 0.25) is 0 Å². The molecule has 3 nitrogen and oxygen atoms in total. The molecule has 13 heavy (non-hydrogen) atoms. The van der Waals surface area contributed by atoms with E-state index in [0.717, 1.165) is 10.0 Å². The van der Waals surface area contributed by atoms with Crippen molar-refractivity contribution >= 4 is 40.7 Å². The van der Waals surface area contributed by atoms with Crippen LogP contribution in [0.4, 0.5) is 0 Å². The minimum Gasteiger partial charge on any atom is -0.481 e. The highest BCUT2D eigenvalue weighted by Gasteiger charge is 2.01. The lowest BCUT2D eigenvalue weighted by atomic mass is 10.3. The Morgan fingerprint density at radius 1 is 1.54 bits per heavy atom. The first-order valence-electron chi connectivity index (χ1n) is 3.16. The molecule has 6 heteroatoms. The van der Waals surface area contributed by atoms with Crippen LogP contribution < -0.4 is 10.5 Å². The van der Waals surface area contributed by atoms with Gasteiger partial charge in [0.15, 0.2) is 0 Å². The van der Waals surface area contributed by atoms with Gasteiger partial charge in [-0.25, -0.2) is 4.98 Å². The molecule has 1 aromatic heterocycles. The summed E-state index contributed by atoms with van der Waals surface area (Å²) in [6.45, 7) is 0.440. The second-order valence-corrected chi connectivity index (χ2v) is 2.94. The number of methoxy groups -OCH3 is 1. The fourth-order valence-corrected chi connectivity index (χ4v) is 1.18. The van der Waals surface area contributed by atoms with E-state index in [9.17, 15) is 0 Å². The van der Waals surface area contributed by atoms with Gasteiger partial charge in [-0.15, -0.1) is 24.8 Å². The molecule has 0 aromatic carbocycles. The van der Waals surface area contributed by atoms with Crippen molar-refractivity contribution in [2.24, 2.45) is 5.73 Å². The summed E-state index contributed by atoms with van der Waals surface area (Å²) in [6.07, 6.45) is 1.68. The van der Waals surface area contributed by atoms with Crippen LogP contribution in [0.15, 0.2) is 16.7 Å². The van der Waals surface area contributed by atoms with Crippen LogP contribution in [0.5, 0.6) is 5.88 Å². The van der Waals surface area contributed by atoms with Gasteiger partial charge in [-0.1, -0.05) is 0 Å². The maximum absolute atomic E-state index is 5.45. The highest BCUT2D eigenvalue weighted by molar-refractivity contribution is 9.10. The monoisotopic (exact) mass is 288 g/mol. The quantitative estimate of drug-likeness (QED) is 0.908. The molecular weight excluding hydrogens is 279 g/mol. The standard InChI is InChI=1S/C7H9BrN2O.2ClH/c1-11-7-5(3-9)2-6(8)4-10-7;;/h2,4H,3,9H2,1H3;2*1H. The topological polar surface area (TPSA) is 48.1 Å². The highest BCUT2D eigenvalue weighted by atomic mass is 79.9. The van der Waals surface area contributed by atoms with Crippen LogP contribution in [0.25, 0.3) is 0 Å². The van der Waals surface area contributed by atoms with Gasteiger partial charge in [0.25, 0.3) is 0 Å². The van der Waals surface area contributed by atoms with Gasteiger partial charge in [0.1, 0.15) is 0 Å². The molecule has 2 N–H and O–H groups in total. The fourth-order valence-electron chi connectivity index (χ4n) is 0.799. The summed E-state index contributed by atoms with van der Waals surface area (Å²) in [5.41, 5.74) is 6.36. The molecule has 0 atom stereocenters. The van der Waals surface area contributed by atoms with E-state index in [0.29, 0.717) is 12.4 Å². The molecule has 0 bridgehead atoms. The van der Waals surface area contributed by atoms with E-state index >= 15 is 0 Å². The molecule has 0 saturated carbocycles. The normalized spacial score (nSPS) is 8.23. The first-order valence-corrected chi connectivity index (χ1v) is 3.95. The van der Waals surface area contributed by atoms with E-state index < -0.39 is 0 Å². The number of halogens is 3. The van der Waals surface area contributed by atoms with Gasteiger partial charge in [0.05, 0.1) is 7.11 Å². The van der Waals surface area contributed by atoms with E-state index in [1.54, 1.807) is 13.3 Å². The molecule has 0 aliphatic heterocycles. The zero-order valence-electron chi connectivity index (χ0n) is 6.99. The van der Waals surface area contributed by atoms with E-state index in [2.05, 4.69) is 20.9 Å². The summed E-state index contributed by atoms with van der Waals surface area (Å²) >= 11 is 3.29. The first kappa shape index (κ1) is 15.4. The van der Waals surface area contributed by atoms with Crippen LogP contribution in [0.3, 0.4) is 0 Å². The summed E-state index contributed by atoms with van der Waals surface area (Å²) in [7, 11) is 1.58. The van der Waals surface area contributed by atoms with Crippen molar-refractivity contribution in [1.29, 1.82) is 0 Å². The minimum atomic E-state index is 0. The molecule has 0 amide bonds. The number of hydrogen-bond donors (Lipinski definition) is 1. The lowest BCUT2D eigenvalue weighted by Gasteiger charge is -2.04. The van der Waals surface area contributed by atoms with Crippen molar-refractivity contribution in [2.75, 3.05) is 7.11 Å². The van der Waals surface area contributed by atoms with E-state index in [-0.39, 0.29) is 24.8 Å². The summed E-state index contributed by atoms with van der Waals surface area (Å²) in [5, 5.41) is 0. The maximum Gasteiger partial charge on any atom is 0.217 e. The molecule has 0 aliphatic carbocycles. The van der Waals surface area contributed by atoms with Gasteiger partial charge >= 0.3 is 0 Å². The SMILES string of the molecule is COc1ncc(Br)cc1CN.Cl.Cl. The number of nitrogens with two attached hydrogens (primary N) is 1. The molecular formula is C7H11BrCl2N2O. The molecule has 0 fully saturated rings. The average molecular weight is 290 g/mol. The van der Waals surface area contributed by atoms with Crippen LogP contribution >= 0.6 is 40.7 Å². The van der Waals surface area contributed by atoms with Crippen molar-refractivity contribution in [2.45, 2.75) is 6.54 Å². The molecule has 0 aliphatic rings. The Kier molecular flexibility index (Phi) is 8.77. The van der Waals surface area contributed by atoms with Crippen LogP contribution in [0, 0.1) is 0 Å². The predicted octanol–water partition coefficient (Wildman–Crippen LogP) is 2.16. The number of nitrogens with zero attached hydrogens (tertiary/aromatic N) is 1. The van der Waals surface area contributed by atoms with Gasteiger partial charge in [0, 0.05) is 22.8 Å². The van der Waals surface area contributed by atoms with Gasteiger partial charge in [-0.3, -0.25) is 0 Å². The number of rotatable bonds is 2. The summed E-state index contributed by atoms with van der Waals surface area (Å²) < 4.78 is 5.89. The van der Waals surface area contributed by atoms with Crippen LogP contribution in [0.1, 0.15) is 5.56 Å². The summed E-state index contributed by atoms with van der Waals surface area (Å²) in [4.78, 5) is 4.02. The summed E-state index contributed by atoms with van der Waals surface area (Å²) in [5.74, 6) is 0.593. The van der Waals surface area contributed by atoms with Crippen molar-refractivity contribution in [3.05, 3.63) is 22.3 Å². The van der Waals surface area contributed by atoms with Crippen LogP contribution in [-0.4, -0.2) is 12.1 Å². The van der Waals surface area contributed by atoms with Crippen molar-refractivity contribution in [1.82, 2.24) is 4.98 Å². The molecule has 0 radical (unpaired) electrons. The predicted molar refractivity (Wildman–Crippen MR) is 60.9 cm³/mol. The molecule has 1 heterocycles. The Morgan fingerprint density at radius 2 is 2.15 bits per heavy atom. The first-order chi connectivity index (χ1) is 5.27. The minimum absolute atomic E-state index is 0. The molecule has 0 spiro atoms. The fraction of sp³-hybridized carbons (Fsp3) is 0.286. The zero-order chi connectivity index (χ0) is 8.27. The Morgan fingerprint density at radius 3 is 2.62 bits per heavy atom. The Bertz CT molecular complexity index is 260. The molecule has 1 aromatic rings. The van der Waals surface area contributed by atoms with Gasteiger partial charge in [-0.2, -0.15) is 0 Å². The van der Waals surface area contributed by atoms with Gasteiger partial charge < -0.3 is 10.5 Å². The van der Waals surface area contributed by atoms with Crippen molar-refractivity contribution < 1.29 is 4.74 Å². The third kappa shape index (κ3) is 4.13. The smallest absolute Gasteiger partial charge is 0.217 e. The Balaban J connectivity index is 0. The third-order valence-electron chi connectivity index (χ3n) is 1.31. The highest BCUT2D eigenvalue weighted by Crippen LogP contribution is 2.18. The van der Waals surface area contributed by atoms with E-state index in [4.69, 9.17) is 10.5 Å². The van der Waals surface area contributed by atoms with E-state index in [1.807, 2.05) is 6.07 Å². The third-order valence-corrected chi connectivity index (χ3v) is 1.74. The number of aromatic nitrogens is 1. The molecule has 1 rings (SSSR count). The number of ether oxygens (including phenoxy) is 1. The van der Waals surface area contributed by atoms with Gasteiger partial charge in [-0.05, 0) is 22.0 Å². The average Bonchev–Trinajstić information content (AvgIpc) is 2.04. The van der Waals surface area contributed by atoms with E-state index in [1.165, 1.54) is 0 Å². The zero-order valence-corrected chi connectivity index (χ0v) is 10.2. The van der Waals surface area contributed by atoms with Gasteiger partial charge in [0.2, 0.25) is 5.88 Å². The van der Waals surface area contributed by atoms with Crippen molar-refractivity contribution in [3.8, 4) is 5.88 Å². The lowest BCUT2D eigenvalue weighted by Crippen LogP contribution is -2.01. The van der Waals surface area contributed by atoms with Crippen molar-refractivity contribution in [3.63, 3.8) is 0 Å². The number of pyridine rings is 1. The number of hydrogen-bond acceptors (Lipinski definition) is 3. The second-order valence-electron chi connectivity index (χ2n) is 2.03. The van der Waals surface area contributed by atoms with Crippen LogP contribution in [-0.2, 0) is 6.54 Å². The molecule has 76 valence electrons. The molecule has 0 unspecified atom stereocenters. The lowest BCUT2D eigenvalue weighted by molar-refractivity contribution is 0.392. The summed E-state index contributed by atoms with van der Waals surface area (Å²) in [6, 6.07) is 1.89. The largest absolute Gasteiger partial charge is 0.481 e. The Hall–Kier alpha value is -0.0300.